The first kappa shape index (κ1) is 14.7. The summed E-state index contributed by atoms with van der Waals surface area (Å²) >= 11 is 1.56. The molecular weight excluding hydrogens is 292 g/mol. The van der Waals surface area contributed by atoms with Gasteiger partial charge in [-0.1, -0.05) is 42.0 Å². The second-order valence-corrected chi connectivity index (χ2v) is 6.39. The minimum atomic E-state index is -0.196. The maximum absolute atomic E-state index is 12.3. The molecule has 0 aliphatic rings. The summed E-state index contributed by atoms with van der Waals surface area (Å²) in [4.78, 5) is 17.3. The third-order valence-corrected chi connectivity index (χ3v) is 4.87. The summed E-state index contributed by atoms with van der Waals surface area (Å²) < 4.78 is 3.14. The molecule has 3 aromatic rings. The lowest BCUT2D eigenvalue weighted by Gasteiger charge is -1.98. The van der Waals surface area contributed by atoms with Crippen molar-refractivity contribution in [2.24, 2.45) is 12.0 Å². The molecule has 0 saturated carbocycles. The van der Waals surface area contributed by atoms with Crippen LogP contribution in [0.5, 0.6) is 0 Å². The molecule has 1 heterocycles. The Bertz CT molecular complexity index is 901. The van der Waals surface area contributed by atoms with Crippen LogP contribution in [0.4, 0.5) is 0 Å². The number of amides is 1. The Kier molecular flexibility index (Phi) is 3.94. The van der Waals surface area contributed by atoms with Gasteiger partial charge in [0.1, 0.15) is 0 Å². The molecule has 3 nitrogen and oxygen atoms in total. The van der Waals surface area contributed by atoms with Gasteiger partial charge >= 0.3 is 0 Å². The van der Waals surface area contributed by atoms with Crippen molar-refractivity contribution in [3.05, 3.63) is 64.0 Å². The van der Waals surface area contributed by atoms with E-state index in [-0.39, 0.29) is 5.91 Å². The summed E-state index contributed by atoms with van der Waals surface area (Å²) in [6.07, 6.45) is 1.01. The molecule has 0 N–H and O–H groups in total. The number of aromatic nitrogens is 1. The summed E-state index contributed by atoms with van der Waals surface area (Å²) in [6.45, 7) is 4.14. The van der Waals surface area contributed by atoms with Crippen molar-refractivity contribution in [1.82, 2.24) is 4.57 Å². The number of aryl methyl sites for hydroxylation is 3. The Labute approximate surface area is 133 Å². The Morgan fingerprint density at radius 3 is 2.59 bits per heavy atom. The van der Waals surface area contributed by atoms with E-state index in [1.54, 1.807) is 11.3 Å². The Balaban J connectivity index is 2.07. The van der Waals surface area contributed by atoms with Gasteiger partial charge in [0, 0.05) is 12.6 Å². The molecule has 0 unspecified atom stereocenters. The molecule has 0 fully saturated rings. The number of hydrogen-bond acceptors (Lipinski definition) is 2. The second kappa shape index (κ2) is 5.89. The molecule has 2 aromatic carbocycles. The lowest BCUT2D eigenvalue weighted by Crippen LogP contribution is -2.13. The molecule has 0 aliphatic carbocycles. The van der Waals surface area contributed by atoms with Crippen molar-refractivity contribution in [3.63, 3.8) is 0 Å². The molecule has 0 radical (unpaired) electrons. The Morgan fingerprint density at radius 1 is 1.18 bits per heavy atom. The number of carbonyl (C=O) groups is 1. The zero-order chi connectivity index (χ0) is 15.7. The lowest BCUT2D eigenvalue weighted by molar-refractivity contribution is 0.0998. The van der Waals surface area contributed by atoms with Gasteiger partial charge in [0.25, 0.3) is 5.91 Å². The Hall–Kier alpha value is -2.20. The van der Waals surface area contributed by atoms with Crippen LogP contribution in [0.25, 0.3) is 10.2 Å². The first-order valence-corrected chi connectivity index (χ1v) is 8.14. The molecule has 112 valence electrons. The summed E-state index contributed by atoms with van der Waals surface area (Å²) in [5.74, 6) is -0.196. The highest BCUT2D eigenvalue weighted by atomic mass is 32.1. The zero-order valence-corrected chi connectivity index (χ0v) is 13.8. The van der Waals surface area contributed by atoms with Crippen LogP contribution in [0, 0.1) is 6.92 Å². The molecular formula is C18H18N2OS. The van der Waals surface area contributed by atoms with E-state index < -0.39 is 0 Å². The van der Waals surface area contributed by atoms with Crippen LogP contribution < -0.4 is 4.80 Å². The molecule has 4 heteroatoms. The van der Waals surface area contributed by atoms with Gasteiger partial charge in [0.2, 0.25) is 0 Å². The van der Waals surface area contributed by atoms with E-state index in [1.165, 1.54) is 5.56 Å². The van der Waals surface area contributed by atoms with Gasteiger partial charge in [0.05, 0.1) is 10.2 Å². The molecule has 1 aromatic heterocycles. The van der Waals surface area contributed by atoms with Crippen molar-refractivity contribution in [2.75, 3.05) is 0 Å². The topological polar surface area (TPSA) is 34.4 Å². The van der Waals surface area contributed by atoms with Gasteiger partial charge in [-0.25, -0.2) is 0 Å². The standard InChI is InChI=1S/C18H18N2OS/c1-4-13-7-10-15-16(11-13)22-18(20(15)3)19-17(21)14-8-5-12(2)6-9-14/h5-11H,4H2,1-3H3. The van der Waals surface area contributed by atoms with E-state index in [1.807, 2.05) is 42.8 Å². The van der Waals surface area contributed by atoms with Crippen molar-refractivity contribution in [2.45, 2.75) is 20.3 Å². The van der Waals surface area contributed by atoms with Crippen LogP contribution >= 0.6 is 11.3 Å². The number of hydrogen-bond donors (Lipinski definition) is 0. The van der Waals surface area contributed by atoms with Gasteiger partial charge in [-0.3, -0.25) is 4.79 Å². The minimum absolute atomic E-state index is 0.196. The van der Waals surface area contributed by atoms with Gasteiger partial charge in [-0.15, -0.1) is 0 Å². The SMILES string of the molecule is CCc1ccc2c(c1)sc(=NC(=O)c1ccc(C)cc1)n2C. The molecule has 0 saturated heterocycles. The smallest absolute Gasteiger partial charge is 0.279 e. The summed E-state index contributed by atoms with van der Waals surface area (Å²) in [5, 5.41) is 0. The maximum Gasteiger partial charge on any atom is 0.279 e. The molecule has 22 heavy (non-hydrogen) atoms. The fourth-order valence-corrected chi connectivity index (χ4v) is 3.43. The Morgan fingerprint density at radius 2 is 1.91 bits per heavy atom. The number of rotatable bonds is 2. The molecule has 1 amide bonds. The third-order valence-electron chi connectivity index (χ3n) is 3.78. The largest absolute Gasteiger partial charge is 0.319 e. The van der Waals surface area contributed by atoms with Gasteiger partial charge < -0.3 is 4.57 Å². The maximum atomic E-state index is 12.3. The highest BCUT2D eigenvalue weighted by Crippen LogP contribution is 2.18. The van der Waals surface area contributed by atoms with E-state index in [0.29, 0.717) is 5.56 Å². The van der Waals surface area contributed by atoms with E-state index >= 15 is 0 Å². The lowest BCUT2D eigenvalue weighted by atomic mass is 10.1. The van der Waals surface area contributed by atoms with E-state index in [2.05, 4.69) is 30.1 Å². The molecule has 0 aliphatic heterocycles. The predicted molar refractivity (Wildman–Crippen MR) is 91.2 cm³/mol. The number of thiazole rings is 1. The predicted octanol–water partition coefficient (Wildman–Crippen LogP) is 3.85. The first-order valence-electron chi connectivity index (χ1n) is 7.32. The minimum Gasteiger partial charge on any atom is -0.319 e. The average Bonchev–Trinajstić information content (AvgIpc) is 2.83. The highest BCUT2D eigenvalue weighted by molar-refractivity contribution is 7.16. The fourth-order valence-electron chi connectivity index (χ4n) is 2.35. The normalized spacial score (nSPS) is 12.0. The van der Waals surface area contributed by atoms with Crippen LogP contribution in [0.3, 0.4) is 0 Å². The van der Waals surface area contributed by atoms with Crippen molar-refractivity contribution >= 4 is 27.5 Å². The van der Waals surface area contributed by atoms with E-state index in [4.69, 9.17) is 0 Å². The quantitative estimate of drug-likeness (QED) is 0.708. The van der Waals surface area contributed by atoms with Crippen LogP contribution in [0.2, 0.25) is 0 Å². The summed E-state index contributed by atoms with van der Waals surface area (Å²) in [5.41, 5.74) is 4.16. The van der Waals surface area contributed by atoms with Gasteiger partial charge in [-0.05, 0) is 43.2 Å². The first-order chi connectivity index (χ1) is 10.6. The van der Waals surface area contributed by atoms with E-state index in [9.17, 15) is 4.79 Å². The number of fused-ring (bicyclic) bond motifs is 1. The van der Waals surface area contributed by atoms with Crippen molar-refractivity contribution in [1.29, 1.82) is 0 Å². The summed E-state index contributed by atoms with van der Waals surface area (Å²) in [7, 11) is 1.95. The second-order valence-electron chi connectivity index (χ2n) is 5.38. The molecule has 3 rings (SSSR count). The van der Waals surface area contributed by atoms with Crippen LogP contribution in [0.1, 0.15) is 28.4 Å². The zero-order valence-electron chi connectivity index (χ0n) is 13.0. The fraction of sp³-hybridized carbons (Fsp3) is 0.222. The van der Waals surface area contributed by atoms with Crippen molar-refractivity contribution < 1.29 is 4.79 Å². The van der Waals surface area contributed by atoms with Crippen LogP contribution in [0.15, 0.2) is 47.5 Å². The van der Waals surface area contributed by atoms with Gasteiger partial charge in [-0.2, -0.15) is 4.99 Å². The molecule has 0 atom stereocenters. The average molecular weight is 310 g/mol. The molecule has 0 bridgehead atoms. The number of benzene rings is 2. The number of carbonyl (C=O) groups excluding carboxylic acids is 1. The van der Waals surface area contributed by atoms with Crippen LogP contribution in [-0.4, -0.2) is 10.5 Å². The summed E-state index contributed by atoms with van der Waals surface area (Å²) in [6, 6.07) is 13.9. The van der Waals surface area contributed by atoms with E-state index in [0.717, 1.165) is 27.0 Å². The van der Waals surface area contributed by atoms with Crippen molar-refractivity contribution in [3.8, 4) is 0 Å². The third kappa shape index (κ3) is 2.74. The number of nitrogens with zero attached hydrogens (tertiary/aromatic N) is 2. The monoisotopic (exact) mass is 310 g/mol. The van der Waals surface area contributed by atoms with Crippen LogP contribution in [-0.2, 0) is 13.5 Å². The molecule has 0 spiro atoms. The highest BCUT2D eigenvalue weighted by Gasteiger charge is 2.07. The van der Waals surface area contributed by atoms with Gasteiger partial charge in [0.15, 0.2) is 4.80 Å².